The Morgan fingerprint density at radius 2 is 1.84 bits per heavy atom. The van der Waals surface area contributed by atoms with Gasteiger partial charge in [0, 0.05) is 5.56 Å². The zero-order valence-electron chi connectivity index (χ0n) is 13.9. The Morgan fingerprint density at radius 1 is 1.12 bits per heavy atom. The Hall–Kier alpha value is -3.39. The number of nitriles is 1. The molecule has 5 heteroatoms. The third-order valence-corrected chi connectivity index (χ3v) is 4.36. The van der Waals surface area contributed by atoms with Crippen molar-refractivity contribution in [1.82, 2.24) is 0 Å². The number of fused-ring (bicyclic) bond motifs is 1. The maximum atomic E-state index is 12.1. The first-order valence-electron chi connectivity index (χ1n) is 7.97. The van der Waals surface area contributed by atoms with Gasteiger partial charge in [0.25, 0.3) is 5.91 Å². The van der Waals surface area contributed by atoms with Gasteiger partial charge in [-0.3, -0.25) is 4.79 Å². The summed E-state index contributed by atoms with van der Waals surface area (Å²) in [6.07, 6.45) is 1.89. The number of carbonyl (C=O) groups is 1. The smallest absolute Gasteiger partial charge is 0.280 e. The number of amides is 1. The van der Waals surface area contributed by atoms with Crippen molar-refractivity contribution in [2.75, 3.05) is 0 Å². The molecule has 25 heavy (non-hydrogen) atoms. The van der Waals surface area contributed by atoms with Crippen LogP contribution < -0.4 is 11.5 Å². The Balaban J connectivity index is 2.11. The predicted molar refractivity (Wildman–Crippen MR) is 97.8 cm³/mol. The monoisotopic (exact) mass is 330 g/mol. The molecule has 0 radical (unpaired) electrons. The maximum Gasteiger partial charge on any atom is 0.280 e. The third kappa shape index (κ3) is 3.29. The molecule has 5 nitrogen and oxygen atoms in total. The van der Waals surface area contributed by atoms with E-state index >= 15 is 0 Å². The minimum atomic E-state index is -0.454. The zero-order valence-corrected chi connectivity index (χ0v) is 13.9. The molecule has 0 bridgehead atoms. The molecule has 1 aliphatic carbocycles. The van der Waals surface area contributed by atoms with Crippen molar-refractivity contribution in [1.29, 1.82) is 5.26 Å². The van der Waals surface area contributed by atoms with Crippen LogP contribution in [0.25, 0.3) is 5.57 Å². The molecule has 4 N–H and O–H groups in total. The number of hydrogen-bond donors (Lipinski definition) is 2. The highest BCUT2D eigenvalue weighted by Crippen LogP contribution is 2.36. The van der Waals surface area contributed by atoms with E-state index in [1.54, 1.807) is 18.2 Å². The van der Waals surface area contributed by atoms with Gasteiger partial charge in [-0.1, -0.05) is 23.8 Å². The summed E-state index contributed by atoms with van der Waals surface area (Å²) in [6, 6.07) is 15.2. The van der Waals surface area contributed by atoms with Gasteiger partial charge in [-0.25, -0.2) is 0 Å². The van der Waals surface area contributed by atoms with Gasteiger partial charge in [-0.2, -0.15) is 10.3 Å². The average Bonchev–Trinajstić information content (AvgIpc) is 2.60. The molecule has 2 aromatic rings. The highest BCUT2D eigenvalue weighted by atomic mass is 16.1. The van der Waals surface area contributed by atoms with Gasteiger partial charge < -0.3 is 11.5 Å². The van der Waals surface area contributed by atoms with Crippen LogP contribution in [-0.4, -0.2) is 11.9 Å². The fourth-order valence-corrected chi connectivity index (χ4v) is 3.13. The Labute approximate surface area is 146 Å². The van der Waals surface area contributed by atoms with Gasteiger partial charge in [0.2, 0.25) is 0 Å². The van der Waals surface area contributed by atoms with E-state index in [1.165, 1.54) is 11.1 Å². The summed E-state index contributed by atoms with van der Waals surface area (Å²) in [7, 11) is 0. The number of aliphatic imine (C=N–C) groups is 1. The number of hydrogen-bond acceptors (Lipinski definition) is 2. The standard InChI is InChI=1S/C20H18N4O/c1-12-2-5-14-8-9-16(19(25)24-20(22)23)10-17(14)18(12)15-6-3-13(11-21)4-7-15/h3-4,6-10H,2,5H2,1H3,(H4,22,23,24,25). The molecule has 0 fully saturated rings. The summed E-state index contributed by atoms with van der Waals surface area (Å²) < 4.78 is 0. The molecule has 0 heterocycles. The zero-order chi connectivity index (χ0) is 18.0. The van der Waals surface area contributed by atoms with Crippen LogP contribution in [-0.2, 0) is 6.42 Å². The van der Waals surface area contributed by atoms with Crippen LogP contribution in [0.3, 0.4) is 0 Å². The van der Waals surface area contributed by atoms with E-state index in [2.05, 4.69) is 18.0 Å². The second-order valence-electron chi connectivity index (χ2n) is 6.06. The first-order valence-corrected chi connectivity index (χ1v) is 7.97. The first-order chi connectivity index (χ1) is 12.0. The molecular formula is C20H18N4O. The first kappa shape index (κ1) is 16.5. The number of benzene rings is 2. The third-order valence-electron chi connectivity index (χ3n) is 4.36. The van der Waals surface area contributed by atoms with Crippen molar-refractivity contribution >= 4 is 17.4 Å². The van der Waals surface area contributed by atoms with Crippen molar-refractivity contribution in [2.45, 2.75) is 19.8 Å². The van der Waals surface area contributed by atoms with Gasteiger partial charge in [0.05, 0.1) is 11.6 Å². The van der Waals surface area contributed by atoms with Crippen molar-refractivity contribution in [2.24, 2.45) is 16.5 Å². The molecule has 0 spiro atoms. The van der Waals surface area contributed by atoms with Crippen LogP contribution in [0.5, 0.6) is 0 Å². The van der Waals surface area contributed by atoms with Gasteiger partial charge >= 0.3 is 0 Å². The van der Waals surface area contributed by atoms with Crippen LogP contribution in [0, 0.1) is 11.3 Å². The number of nitrogens with two attached hydrogens (primary N) is 2. The number of guanidine groups is 1. The van der Waals surface area contributed by atoms with E-state index in [9.17, 15) is 4.79 Å². The molecule has 0 atom stereocenters. The minimum Gasteiger partial charge on any atom is -0.370 e. The molecule has 1 aliphatic rings. The largest absolute Gasteiger partial charge is 0.370 e. The summed E-state index contributed by atoms with van der Waals surface area (Å²) in [5.74, 6) is -0.702. The molecule has 0 saturated carbocycles. The van der Waals surface area contributed by atoms with E-state index in [-0.39, 0.29) is 5.96 Å². The number of aryl methyl sites for hydroxylation is 1. The van der Waals surface area contributed by atoms with Crippen molar-refractivity contribution < 1.29 is 4.79 Å². The fraction of sp³-hybridized carbons (Fsp3) is 0.150. The van der Waals surface area contributed by atoms with Gasteiger partial charge in [0.15, 0.2) is 5.96 Å². The second kappa shape index (κ2) is 6.62. The highest BCUT2D eigenvalue weighted by molar-refractivity contribution is 6.03. The molecule has 0 saturated heterocycles. The predicted octanol–water partition coefficient (Wildman–Crippen LogP) is 2.74. The van der Waals surface area contributed by atoms with Gasteiger partial charge in [-0.15, -0.1) is 0 Å². The SMILES string of the molecule is CC1=C(c2ccc(C#N)cc2)c2cc(C(=O)N=C(N)N)ccc2CC1. The lowest BCUT2D eigenvalue weighted by Crippen LogP contribution is -2.24. The van der Waals surface area contributed by atoms with Crippen LogP contribution in [0.4, 0.5) is 0 Å². The lowest BCUT2D eigenvalue weighted by atomic mass is 9.82. The maximum absolute atomic E-state index is 12.1. The molecule has 0 aliphatic heterocycles. The second-order valence-corrected chi connectivity index (χ2v) is 6.06. The van der Waals surface area contributed by atoms with E-state index < -0.39 is 5.91 Å². The molecule has 1 amide bonds. The van der Waals surface area contributed by atoms with Crippen LogP contribution in [0.2, 0.25) is 0 Å². The van der Waals surface area contributed by atoms with E-state index in [1.807, 2.05) is 24.3 Å². The summed E-state index contributed by atoms with van der Waals surface area (Å²) in [4.78, 5) is 15.8. The summed E-state index contributed by atoms with van der Waals surface area (Å²) >= 11 is 0. The Bertz CT molecular complexity index is 943. The van der Waals surface area contributed by atoms with Gasteiger partial charge in [-0.05, 0) is 66.3 Å². The molecule has 0 unspecified atom stereocenters. The van der Waals surface area contributed by atoms with E-state index in [0.29, 0.717) is 11.1 Å². The molecule has 2 aromatic carbocycles. The molecule has 3 rings (SSSR count). The van der Waals surface area contributed by atoms with Crippen molar-refractivity contribution in [3.63, 3.8) is 0 Å². The highest BCUT2D eigenvalue weighted by Gasteiger charge is 2.20. The lowest BCUT2D eigenvalue weighted by molar-refractivity contribution is 0.100. The number of nitrogens with zero attached hydrogens (tertiary/aromatic N) is 2. The lowest BCUT2D eigenvalue weighted by Gasteiger charge is -2.22. The Kier molecular flexibility index (Phi) is 4.36. The minimum absolute atomic E-state index is 0.248. The van der Waals surface area contributed by atoms with Gasteiger partial charge in [0.1, 0.15) is 0 Å². The normalized spacial score (nSPS) is 13.0. The topological polar surface area (TPSA) is 105 Å². The quantitative estimate of drug-likeness (QED) is 0.652. The number of rotatable bonds is 2. The van der Waals surface area contributed by atoms with Crippen molar-refractivity contribution in [3.8, 4) is 6.07 Å². The molecular weight excluding hydrogens is 312 g/mol. The van der Waals surface area contributed by atoms with E-state index in [0.717, 1.165) is 29.5 Å². The van der Waals surface area contributed by atoms with Crippen LogP contribution in [0.1, 0.15) is 46.0 Å². The molecule has 0 aromatic heterocycles. The molecule has 124 valence electrons. The summed E-state index contributed by atoms with van der Waals surface area (Å²) in [5.41, 5.74) is 17.3. The van der Waals surface area contributed by atoms with Crippen LogP contribution >= 0.6 is 0 Å². The average molecular weight is 330 g/mol. The summed E-state index contributed by atoms with van der Waals surface area (Å²) in [5, 5.41) is 8.99. The number of carbonyl (C=O) groups excluding carboxylic acids is 1. The Morgan fingerprint density at radius 3 is 2.48 bits per heavy atom. The van der Waals surface area contributed by atoms with Crippen LogP contribution in [0.15, 0.2) is 53.0 Å². The summed E-state index contributed by atoms with van der Waals surface area (Å²) in [6.45, 7) is 2.10. The van der Waals surface area contributed by atoms with Crippen molar-refractivity contribution in [3.05, 3.63) is 75.9 Å². The number of allylic oxidation sites excluding steroid dienone is 1. The fourth-order valence-electron chi connectivity index (χ4n) is 3.13. The van der Waals surface area contributed by atoms with E-state index in [4.69, 9.17) is 16.7 Å².